The van der Waals surface area contributed by atoms with Crippen molar-refractivity contribution >= 4 is 11.6 Å². The average Bonchev–Trinajstić information content (AvgIpc) is 2.46. The fourth-order valence-electron chi connectivity index (χ4n) is 2.51. The Morgan fingerprint density at radius 1 is 1.30 bits per heavy atom. The van der Waals surface area contributed by atoms with Gasteiger partial charge in [-0.3, -0.25) is 4.90 Å². The third kappa shape index (κ3) is 3.58. The number of nitrogen functional groups attached to an aromatic ring is 1. The summed E-state index contributed by atoms with van der Waals surface area (Å²) < 4.78 is 5.08. The standard InChI is InChI=1S/C14H25N5O/c1-4-11(2)18-5-7-19(8-6-18)14-9-12(15)16-13(17-14)10-20-3/h9,11H,4-8,10H2,1-3H3,(H2,15,16,17). The molecular formula is C14H25N5O. The molecule has 2 heterocycles. The van der Waals surface area contributed by atoms with E-state index in [1.165, 1.54) is 6.42 Å². The topological polar surface area (TPSA) is 67.5 Å². The van der Waals surface area contributed by atoms with Crippen molar-refractivity contribution in [2.45, 2.75) is 32.9 Å². The van der Waals surface area contributed by atoms with Crippen molar-refractivity contribution in [1.82, 2.24) is 14.9 Å². The number of aromatic nitrogens is 2. The van der Waals surface area contributed by atoms with Crippen molar-refractivity contribution in [1.29, 1.82) is 0 Å². The number of nitrogens with two attached hydrogens (primary N) is 1. The Morgan fingerprint density at radius 2 is 2.00 bits per heavy atom. The third-order valence-corrected chi connectivity index (χ3v) is 3.90. The maximum absolute atomic E-state index is 5.85. The van der Waals surface area contributed by atoms with Crippen LogP contribution in [0, 0.1) is 0 Å². The molecule has 0 spiro atoms. The number of hydrogen-bond acceptors (Lipinski definition) is 6. The molecule has 1 aliphatic heterocycles. The summed E-state index contributed by atoms with van der Waals surface area (Å²) in [7, 11) is 1.64. The van der Waals surface area contributed by atoms with Gasteiger partial charge in [-0.1, -0.05) is 6.92 Å². The first-order chi connectivity index (χ1) is 9.63. The maximum atomic E-state index is 5.85. The molecule has 1 fully saturated rings. The van der Waals surface area contributed by atoms with Crippen LogP contribution in [0.4, 0.5) is 11.6 Å². The molecule has 0 bridgehead atoms. The van der Waals surface area contributed by atoms with Crippen LogP contribution >= 0.6 is 0 Å². The maximum Gasteiger partial charge on any atom is 0.158 e. The molecule has 1 unspecified atom stereocenters. The van der Waals surface area contributed by atoms with Crippen molar-refractivity contribution in [3.63, 3.8) is 0 Å². The summed E-state index contributed by atoms with van der Waals surface area (Å²) >= 11 is 0. The number of anilines is 2. The van der Waals surface area contributed by atoms with Crippen molar-refractivity contribution in [2.75, 3.05) is 43.9 Å². The molecule has 2 rings (SSSR count). The van der Waals surface area contributed by atoms with E-state index in [4.69, 9.17) is 10.5 Å². The SMILES string of the molecule is CCC(C)N1CCN(c2cc(N)nc(COC)n2)CC1. The van der Waals surface area contributed by atoms with Gasteiger partial charge in [-0.05, 0) is 13.3 Å². The molecule has 112 valence electrons. The van der Waals surface area contributed by atoms with Crippen LogP contribution < -0.4 is 10.6 Å². The molecule has 0 aromatic carbocycles. The normalized spacial score (nSPS) is 18.2. The van der Waals surface area contributed by atoms with E-state index in [9.17, 15) is 0 Å². The fourth-order valence-corrected chi connectivity index (χ4v) is 2.51. The largest absolute Gasteiger partial charge is 0.384 e. The van der Waals surface area contributed by atoms with E-state index in [2.05, 4.69) is 33.6 Å². The fraction of sp³-hybridized carbons (Fsp3) is 0.714. The quantitative estimate of drug-likeness (QED) is 0.871. The Hall–Kier alpha value is -1.40. The van der Waals surface area contributed by atoms with Gasteiger partial charge in [0.05, 0.1) is 0 Å². The van der Waals surface area contributed by atoms with Gasteiger partial charge in [-0.15, -0.1) is 0 Å². The molecule has 1 aromatic heterocycles. The van der Waals surface area contributed by atoms with Crippen LogP contribution in [0.5, 0.6) is 0 Å². The minimum atomic E-state index is 0.394. The van der Waals surface area contributed by atoms with Crippen LogP contribution in [0.15, 0.2) is 6.07 Å². The summed E-state index contributed by atoms with van der Waals surface area (Å²) in [4.78, 5) is 13.5. The Kier molecular flexibility index (Phi) is 5.14. The number of piperazine rings is 1. The van der Waals surface area contributed by atoms with Gasteiger partial charge in [-0.2, -0.15) is 0 Å². The highest BCUT2D eigenvalue weighted by Gasteiger charge is 2.21. The molecule has 2 N–H and O–H groups in total. The molecule has 20 heavy (non-hydrogen) atoms. The highest BCUT2D eigenvalue weighted by molar-refractivity contribution is 5.47. The van der Waals surface area contributed by atoms with E-state index in [0.29, 0.717) is 24.3 Å². The number of ether oxygens (including phenoxy) is 1. The van der Waals surface area contributed by atoms with Gasteiger partial charge in [0.15, 0.2) is 5.82 Å². The van der Waals surface area contributed by atoms with Crippen molar-refractivity contribution in [2.24, 2.45) is 0 Å². The van der Waals surface area contributed by atoms with Crippen molar-refractivity contribution in [3.05, 3.63) is 11.9 Å². The van der Waals surface area contributed by atoms with Crippen LogP contribution in [0.2, 0.25) is 0 Å². The highest BCUT2D eigenvalue weighted by Crippen LogP contribution is 2.18. The molecule has 1 aromatic rings. The second-order valence-electron chi connectivity index (χ2n) is 5.28. The van der Waals surface area contributed by atoms with Crippen molar-refractivity contribution in [3.8, 4) is 0 Å². The zero-order valence-corrected chi connectivity index (χ0v) is 12.7. The van der Waals surface area contributed by atoms with E-state index >= 15 is 0 Å². The summed E-state index contributed by atoms with van der Waals surface area (Å²) in [6.07, 6.45) is 1.19. The number of hydrogen-bond donors (Lipinski definition) is 1. The van der Waals surface area contributed by atoms with Gasteiger partial charge in [0.25, 0.3) is 0 Å². The molecule has 1 aliphatic rings. The lowest BCUT2D eigenvalue weighted by Gasteiger charge is -2.38. The first-order valence-corrected chi connectivity index (χ1v) is 7.25. The van der Waals surface area contributed by atoms with Crippen LogP contribution in [0.3, 0.4) is 0 Å². The monoisotopic (exact) mass is 279 g/mol. The van der Waals surface area contributed by atoms with E-state index in [1.807, 2.05) is 6.07 Å². The number of rotatable bonds is 5. The molecule has 0 radical (unpaired) electrons. The summed E-state index contributed by atoms with van der Waals surface area (Å²) in [5.74, 6) is 2.06. The minimum Gasteiger partial charge on any atom is -0.384 e. The first kappa shape index (κ1) is 15.0. The lowest BCUT2D eigenvalue weighted by Crippen LogP contribution is -2.49. The molecule has 0 amide bonds. The van der Waals surface area contributed by atoms with E-state index < -0.39 is 0 Å². The molecule has 1 saturated heterocycles. The van der Waals surface area contributed by atoms with E-state index in [0.717, 1.165) is 32.0 Å². The number of nitrogens with zero attached hydrogens (tertiary/aromatic N) is 4. The lowest BCUT2D eigenvalue weighted by atomic mass is 10.2. The van der Waals surface area contributed by atoms with Crippen LogP contribution in [-0.4, -0.2) is 54.2 Å². The average molecular weight is 279 g/mol. The van der Waals surface area contributed by atoms with Gasteiger partial charge in [0.2, 0.25) is 0 Å². The van der Waals surface area contributed by atoms with Crippen LogP contribution in [0.25, 0.3) is 0 Å². The molecule has 0 saturated carbocycles. The zero-order chi connectivity index (χ0) is 14.5. The highest BCUT2D eigenvalue weighted by atomic mass is 16.5. The Morgan fingerprint density at radius 3 is 2.60 bits per heavy atom. The predicted octanol–water partition coefficient (Wildman–Crippen LogP) is 1.13. The summed E-state index contributed by atoms with van der Waals surface area (Å²) in [5.41, 5.74) is 5.85. The van der Waals surface area contributed by atoms with Crippen molar-refractivity contribution < 1.29 is 4.74 Å². The third-order valence-electron chi connectivity index (χ3n) is 3.90. The van der Waals surface area contributed by atoms with Gasteiger partial charge in [0, 0.05) is 45.4 Å². The van der Waals surface area contributed by atoms with Gasteiger partial charge < -0.3 is 15.4 Å². The van der Waals surface area contributed by atoms with Crippen LogP contribution in [-0.2, 0) is 11.3 Å². The minimum absolute atomic E-state index is 0.394. The smallest absolute Gasteiger partial charge is 0.158 e. The van der Waals surface area contributed by atoms with Gasteiger partial charge in [0.1, 0.15) is 18.2 Å². The Bertz CT molecular complexity index is 432. The van der Waals surface area contributed by atoms with Gasteiger partial charge in [-0.25, -0.2) is 9.97 Å². The van der Waals surface area contributed by atoms with Gasteiger partial charge >= 0.3 is 0 Å². The molecule has 1 atom stereocenters. The summed E-state index contributed by atoms with van der Waals surface area (Å²) in [6, 6.07) is 2.50. The molecular weight excluding hydrogens is 254 g/mol. The molecule has 6 heteroatoms. The van der Waals surface area contributed by atoms with E-state index in [1.54, 1.807) is 7.11 Å². The first-order valence-electron chi connectivity index (χ1n) is 7.25. The zero-order valence-electron chi connectivity index (χ0n) is 12.7. The predicted molar refractivity (Wildman–Crippen MR) is 80.7 cm³/mol. The summed E-state index contributed by atoms with van der Waals surface area (Å²) in [5, 5.41) is 0. The second kappa shape index (κ2) is 6.85. The van der Waals surface area contributed by atoms with E-state index in [-0.39, 0.29) is 0 Å². The Balaban J connectivity index is 2.03. The number of methoxy groups -OCH3 is 1. The molecule has 6 nitrogen and oxygen atoms in total. The second-order valence-corrected chi connectivity index (χ2v) is 5.28. The molecule has 0 aliphatic carbocycles. The lowest BCUT2D eigenvalue weighted by molar-refractivity contribution is 0.177. The summed E-state index contributed by atoms with van der Waals surface area (Å²) in [6.45, 7) is 9.01. The Labute approximate surface area is 120 Å². The van der Waals surface area contributed by atoms with Crippen LogP contribution in [0.1, 0.15) is 26.1 Å².